The van der Waals surface area contributed by atoms with Crippen LogP contribution in [0.5, 0.6) is 0 Å². The van der Waals surface area contributed by atoms with Crippen molar-refractivity contribution >= 4 is 11.9 Å². The SMILES string of the molecule is COC(=O)[C@]12CO[C@H](C(C)(C)C)N1C(=O)[C@](C)(O)[C@H]2O. The molecule has 2 heterocycles. The highest BCUT2D eigenvalue weighted by Gasteiger charge is 2.74. The molecular weight excluding hydrogens is 266 g/mol. The van der Waals surface area contributed by atoms with Crippen LogP contribution in [0.15, 0.2) is 0 Å². The third kappa shape index (κ3) is 1.63. The Morgan fingerprint density at radius 3 is 2.50 bits per heavy atom. The summed E-state index contributed by atoms with van der Waals surface area (Å²) in [5.74, 6) is -1.52. The van der Waals surface area contributed by atoms with E-state index in [0.717, 1.165) is 4.90 Å². The summed E-state index contributed by atoms with van der Waals surface area (Å²) in [4.78, 5) is 25.7. The number of hydrogen-bond acceptors (Lipinski definition) is 6. The second kappa shape index (κ2) is 4.16. The van der Waals surface area contributed by atoms with Crippen molar-refractivity contribution in [2.45, 2.75) is 51.2 Å². The molecule has 20 heavy (non-hydrogen) atoms. The molecule has 2 fully saturated rings. The highest BCUT2D eigenvalue weighted by atomic mass is 16.6. The number of rotatable bonds is 1. The summed E-state index contributed by atoms with van der Waals surface area (Å²) in [7, 11) is 1.17. The van der Waals surface area contributed by atoms with Gasteiger partial charge in [0.15, 0.2) is 11.1 Å². The molecule has 0 aliphatic carbocycles. The second-order valence-electron chi connectivity index (χ2n) is 6.67. The molecule has 1 amide bonds. The third-order valence-electron chi connectivity index (χ3n) is 4.04. The van der Waals surface area contributed by atoms with Crippen LogP contribution >= 0.6 is 0 Å². The lowest BCUT2D eigenvalue weighted by molar-refractivity contribution is -0.161. The van der Waals surface area contributed by atoms with Gasteiger partial charge in [-0.25, -0.2) is 4.79 Å². The van der Waals surface area contributed by atoms with E-state index in [1.165, 1.54) is 14.0 Å². The van der Waals surface area contributed by atoms with Crippen LogP contribution in [0.4, 0.5) is 0 Å². The van der Waals surface area contributed by atoms with Crippen molar-refractivity contribution in [2.75, 3.05) is 13.7 Å². The van der Waals surface area contributed by atoms with Crippen molar-refractivity contribution < 1.29 is 29.3 Å². The van der Waals surface area contributed by atoms with E-state index in [-0.39, 0.29) is 6.61 Å². The first-order valence-corrected chi connectivity index (χ1v) is 6.45. The maximum atomic E-state index is 12.4. The number of aliphatic hydroxyl groups is 2. The molecule has 0 aromatic rings. The van der Waals surface area contributed by atoms with Gasteiger partial charge in [-0.15, -0.1) is 0 Å². The van der Waals surface area contributed by atoms with Crippen LogP contribution < -0.4 is 0 Å². The lowest BCUT2D eigenvalue weighted by atomic mass is 9.87. The average molecular weight is 287 g/mol. The first-order valence-electron chi connectivity index (χ1n) is 6.45. The minimum absolute atomic E-state index is 0.204. The smallest absolute Gasteiger partial charge is 0.337 e. The Bertz CT molecular complexity index is 454. The summed E-state index contributed by atoms with van der Waals surface area (Å²) >= 11 is 0. The summed E-state index contributed by atoms with van der Waals surface area (Å²) < 4.78 is 10.3. The summed E-state index contributed by atoms with van der Waals surface area (Å²) in [6.07, 6.45) is -2.33. The fraction of sp³-hybridized carbons (Fsp3) is 0.846. The lowest BCUT2D eigenvalue weighted by Gasteiger charge is -2.36. The third-order valence-corrected chi connectivity index (χ3v) is 4.04. The molecule has 4 atom stereocenters. The quantitative estimate of drug-likeness (QED) is 0.616. The van der Waals surface area contributed by atoms with E-state index in [0.29, 0.717) is 0 Å². The number of aliphatic hydroxyl groups excluding tert-OH is 1. The van der Waals surface area contributed by atoms with Gasteiger partial charge in [0.25, 0.3) is 5.91 Å². The number of carbonyl (C=O) groups excluding carboxylic acids is 2. The van der Waals surface area contributed by atoms with Crippen molar-refractivity contribution in [1.82, 2.24) is 4.90 Å². The predicted molar refractivity (Wildman–Crippen MR) is 67.4 cm³/mol. The van der Waals surface area contributed by atoms with Crippen LogP contribution in [0.25, 0.3) is 0 Å². The van der Waals surface area contributed by atoms with E-state index >= 15 is 0 Å². The minimum atomic E-state index is -2.04. The molecule has 2 saturated heterocycles. The number of esters is 1. The van der Waals surface area contributed by atoms with E-state index in [2.05, 4.69) is 0 Å². The van der Waals surface area contributed by atoms with E-state index in [1.54, 1.807) is 0 Å². The van der Waals surface area contributed by atoms with E-state index in [9.17, 15) is 19.8 Å². The Morgan fingerprint density at radius 2 is 2.05 bits per heavy atom. The average Bonchev–Trinajstić information content (AvgIpc) is 2.81. The van der Waals surface area contributed by atoms with Crippen molar-refractivity contribution in [3.63, 3.8) is 0 Å². The molecular formula is C13H21NO6. The largest absolute Gasteiger partial charge is 0.467 e. The fourth-order valence-electron chi connectivity index (χ4n) is 2.97. The van der Waals surface area contributed by atoms with E-state index in [4.69, 9.17) is 9.47 Å². The van der Waals surface area contributed by atoms with Gasteiger partial charge in [-0.3, -0.25) is 9.69 Å². The van der Waals surface area contributed by atoms with Crippen molar-refractivity contribution in [2.24, 2.45) is 5.41 Å². The summed E-state index contributed by atoms with van der Waals surface area (Å²) in [5, 5.41) is 20.6. The molecule has 0 saturated carbocycles. The monoisotopic (exact) mass is 287 g/mol. The number of nitrogens with zero attached hydrogens (tertiary/aromatic N) is 1. The van der Waals surface area contributed by atoms with E-state index < -0.39 is 40.8 Å². The Kier molecular flexibility index (Phi) is 3.16. The van der Waals surface area contributed by atoms with Crippen LogP contribution in [0.1, 0.15) is 27.7 Å². The number of methoxy groups -OCH3 is 1. The van der Waals surface area contributed by atoms with Crippen LogP contribution in [0.2, 0.25) is 0 Å². The Morgan fingerprint density at radius 1 is 1.50 bits per heavy atom. The Labute approximate surface area is 117 Å². The predicted octanol–water partition coefficient (Wildman–Crippen LogP) is -0.745. The standard InChI is InChI=1S/C13H21NO6/c1-11(2,3)9-14-8(16)12(4,18)7(15)13(14,6-20-9)10(17)19-5/h7,9,15,18H,6H2,1-5H3/t7-,9-,12-,13-/m1/s1. The summed E-state index contributed by atoms with van der Waals surface area (Å²) in [6.45, 7) is 6.53. The van der Waals surface area contributed by atoms with Gasteiger partial charge in [0.05, 0.1) is 13.7 Å². The summed E-state index contributed by atoms with van der Waals surface area (Å²) in [5.41, 5.74) is -4.21. The van der Waals surface area contributed by atoms with Gasteiger partial charge in [-0.2, -0.15) is 0 Å². The molecule has 2 rings (SSSR count). The number of ether oxygens (including phenoxy) is 2. The maximum Gasteiger partial charge on any atom is 0.337 e. The number of carbonyl (C=O) groups is 2. The molecule has 0 aromatic heterocycles. The van der Waals surface area contributed by atoms with Crippen molar-refractivity contribution in [3.8, 4) is 0 Å². The molecule has 2 N–H and O–H groups in total. The zero-order chi connectivity index (χ0) is 15.5. The fourth-order valence-corrected chi connectivity index (χ4v) is 2.97. The van der Waals surface area contributed by atoms with Gasteiger partial charge >= 0.3 is 5.97 Å². The van der Waals surface area contributed by atoms with E-state index in [1.807, 2.05) is 20.8 Å². The zero-order valence-electron chi connectivity index (χ0n) is 12.3. The number of hydrogen-bond donors (Lipinski definition) is 2. The van der Waals surface area contributed by atoms with Crippen LogP contribution in [-0.2, 0) is 19.1 Å². The van der Waals surface area contributed by atoms with Crippen LogP contribution in [0, 0.1) is 5.41 Å². The van der Waals surface area contributed by atoms with Gasteiger partial charge in [0, 0.05) is 5.41 Å². The van der Waals surface area contributed by atoms with Gasteiger partial charge < -0.3 is 19.7 Å². The van der Waals surface area contributed by atoms with Crippen molar-refractivity contribution in [3.05, 3.63) is 0 Å². The zero-order valence-corrected chi connectivity index (χ0v) is 12.3. The Balaban J connectivity index is 2.58. The van der Waals surface area contributed by atoms with Gasteiger partial charge in [-0.1, -0.05) is 20.8 Å². The Hall–Kier alpha value is -1.18. The lowest BCUT2D eigenvalue weighted by Crippen LogP contribution is -2.60. The molecule has 0 unspecified atom stereocenters. The van der Waals surface area contributed by atoms with Crippen molar-refractivity contribution in [1.29, 1.82) is 0 Å². The van der Waals surface area contributed by atoms with Gasteiger partial charge in [-0.05, 0) is 6.92 Å². The molecule has 7 heteroatoms. The molecule has 2 aliphatic heterocycles. The highest BCUT2D eigenvalue weighted by molar-refractivity contribution is 5.99. The molecule has 0 radical (unpaired) electrons. The van der Waals surface area contributed by atoms with Crippen LogP contribution in [-0.4, -0.2) is 64.2 Å². The first kappa shape index (κ1) is 15.2. The molecule has 2 aliphatic rings. The molecule has 0 spiro atoms. The minimum Gasteiger partial charge on any atom is -0.467 e. The van der Waals surface area contributed by atoms with Gasteiger partial charge in [0.1, 0.15) is 12.3 Å². The molecule has 0 bridgehead atoms. The molecule has 7 nitrogen and oxygen atoms in total. The normalized spacial score (nSPS) is 41.0. The molecule has 114 valence electrons. The maximum absolute atomic E-state index is 12.4. The van der Waals surface area contributed by atoms with Gasteiger partial charge in [0.2, 0.25) is 0 Å². The van der Waals surface area contributed by atoms with Crippen LogP contribution in [0.3, 0.4) is 0 Å². The molecule has 0 aromatic carbocycles. The highest BCUT2D eigenvalue weighted by Crippen LogP contribution is 2.47. The number of fused-ring (bicyclic) bond motifs is 1. The topological polar surface area (TPSA) is 96.3 Å². The second-order valence-corrected chi connectivity index (χ2v) is 6.67. The first-order chi connectivity index (χ1) is 9.01. The number of amides is 1. The summed E-state index contributed by atoms with van der Waals surface area (Å²) in [6, 6.07) is 0.